The lowest BCUT2D eigenvalue weighted by molar-refractivity contribution is 0.274. The second-order valence-electron chi connectivity index (χ2n) is 1.57. The molecule has 0 bridgehead atoms. The molecular formula is C4H12NO3P. The Labute approximate surface area is 54.5 Å². The fraction of sp³-hybridized carbons (Fsp3) is 1.00. The minimum atomic E-state index is -3.32. The van der Waals surface area contributed by atoms with E-state index in [1.54, 1.807) is 6.92 Å². The van der Waals surface area contributed by atoms with Crippen LogP contribution in [-0.4, -0.2) is 24.2 Å². The van der Waals surface area contributed by atoms with Crippen molar-refractivity contribution >= 4 is 7.60 Å². The minimum absolute atomic E-state index is 0.0425. The Morgan fingerprint density at radius 2 is 2.33 bits per heavy atom. The van der Waals surface area contributed by atoms with Crippen molar-refractivity contribution in [2.75, 3.05) is 19.3 Å². The molecule has 0 aliphatic carbocycles. The van der Waals surface area contributed by atoms with Crippen LogP contribution in [0.4, 0.5) is 0 Å². The van der Waals surface area contributed by atoms with E-state index in [2.05, 4.69) is 4.52 Å². The Morgan fingerprint density at radius 1 is 1.78 bits per heavy atom. The van der Waals surface area contributed by atoms with Crippen molar-refractivity contribution < 1.29 is 14.0 Å². The van der Waals surface area contributed by atoms with Gasteiger partial charge in [0.05, 0.1) is 12.8 Å². The molecule has 56 valence electrons. The molecule has 4 nitrogen and oxygen atoms in total. The van der Waals surface area contributed by atoms with Gasteiger partial charge in [0.1, 0.15) is 0 Å². The van der Waals surface area contributed by atoms with Gasteiger partial charge < -0.3 is 15.2 Å². The van der Waals surface area contributed by atoms with Crippen LogP contribution in [0.25, 0.3) is 0 Å². The first-order valence-corrected chi connectivity index (χ1v) is 4.55. The van der Waals surface area contributed by atoms with E-state index in [-0.39, 0.29) is 19.3 Å². The lowest BCUT2D eigenvalue weighted by Gasteiger charge is -2.07. The lowest BCUT2D eigenvalue weighted by atomic mass is 10.8. The first-order chi connectivity index (χ1) is 4.12. The molecule has 0 aromatic heterocycles. The molecule has 0 rings (SSSR count). The highest BCUT2D eigenvalue weighted by Crippen LogP contribution is 2.40. The molecule has 0 heterocycles. The largest absolute Gasteiger partial charge is 0.330 e. The van der Waals surface area contributed by atoms with E-state index in [1.165, 1.54) is 0 Å². The second kappa shape index (κ2) is 4.01. The van der Waals surface area contributed by atoms with Crippen molar-refractivity contribution in [3.8, 4) is 0 Å². The first kappa shape index (κ1) is 9.11. The van der Waals surface area contributed by atoms with Gasteiger partial charge in [-0.15, -0.1) is 0 Å². The molecule has 0 saturated heterocycles. The second-order valence-corrected chi connectivity index (χ2v) is 3.55. The van der Waals surface area contributed by atoms with Gasteiger partial charge in [0.25, 0.3) is 0 Å². The summed E-state index contributed by atoms with van der Waals surface area (Å²) in [5.41, 5.74) is 5.03. The molecule has 0 radical (unpaired) electrons. The minimum Gasteiger partial charge on any atom is -0.330 e. The summed E-state index contributed by atoms with van der Waals surface area (Å²) in [6.45, 7) is 2.11. The Bertz CT molecular complexity index is 106. The Hall–Kier alpha value is 0.110. The molecule has 9 heavy (non-hydrogen) atoms. The van der Waals surface area contributed by atoms with Gasteiger partial charge in [-0.2, -0.15) is 0 Å². The Morgan fingerprint density at radius 3 is 2.67 bits per heavy atom. The quantitative estimate of drug-likeness (QED) is 0.564. The van der Waals surface area contributed by atoms with Crippen molar-refractivity contribution in [3.05, 3.63) is 0 Å². The standard InChI is InChI=1S/C4H12NO3P/c1-2-8-9(6,7)4-3-5/h2-5H2,1H3,(H,6,7). The van der Waals surface area contributed by atoms with Gasteiger partial charge in [-0.05, 0) is 6.92 Å². The summed E-state index contributed by atoms with van der Waals surface area (Å²) in [6.07, 6.45) is 0.0425. The average molecular weight is 153 g/mol. The van der Waals surface area contributed by atoms with Crippen LogP contribution < -0.4 is 5.73 Å². The van der Waals surface area contributed by atoms with Crippen LogP contribution >= 0.6 is 7.60 Å². The fourth-order valence-corrected chi connectivity index (χ4v) is 1.29. The van der Waals surface area contributed by atoms with Crippen molar-refractivity contribution in [1.29, 1.82) is 0 Å². The summed E-state index contributed by atoms with van der Waals surface area (Å²) in [5, 5.41) is 0. The predicted octanol–water partition coefficient (Wildman–Crippen LogP) is 0.167. The molecule has 0 aliphatic rings. The van der Waals surface area contributed by atoms with Crippen LogP contribution in [0.15, 0.2) is 0 Å². The third-order valence-corrected chi connectivity index (χ3v) is 2.23. The Kier molecular flexibility index (Phi) is 4.06. The molecule has 0 aromatic rings. The number of rotatable bonds is 4. The summed E-state index contributed by atoms with van der Waals surface area (Å²) >= 11 is 0. The molecule has 0 saturated carbocycles. The fourth-order valence-electron chi connectivity index (χ4n) is 0.429. The van der Waals surface area contributed by atoms with E-state index in [1.807, 2.05) is 0 Å². The van der Waals surface area contributed by atoms with Gasteiger partial charge in [0.15, 0.2) is 0 Å². The van der Waals surface area contributed by atoms with Gasteiger partial charge in [-0.1, -0.05) is 0 Å². The highest BCUT2D eigenvalue weighted by molar-refractivity contribution is 7.52. The molecule has 0 aromatic carbocycles. The SMILES string of the molecule is CCOP(=O)(O)CCN. The number of nitrogens with two attached hydrogens (primary N) is 1. The molecule has 1 atom stereocenters. The summed E-state index contributed by atoms with van der Waals surface area (Å²) in [6, 6.07) is 0. The average Bonchev–Trinajstić information content (AvgIpc) is 1.64. The van der Waals surface area contributed by atoms with Crippen molar-refractivity contribution in [1.82, 2.24) is 0 Å². The normalized spacial score (nSPS) is 17.2. The predicted molar refractivity (Wildman–Crippen MR) is 35.4 cm³/mol. The van der Waals surface area contributed by atoms with Gasteiger partial charge in [-0.3, -0.25) is 4.57 Å². The van der Waals surface area contributed by atoms with Gasteiger partial charge in [-0.25, -0.2) is 0 Å². The van der Waals surface area contributed by atoms with Crippen molar-refractivity contribution in [3.63, 3.8) is 0 Å². The van der Waals surface area contributed by atoms with Crippen LogP contribution in [0.2, 0.25) is 0 Å². The zero-order chi connectivity index (χ0) is 7.33. The smallest absolute Gasteiger partial charge is 0.329 e. The molecule has 3 N–H and O–H groups in total. The summed E-state index contributed by atoms with van der Waals surface area (Å²) in [5.74, 6) is 0. The van der Waals surface area contributed by atoms with E-state index >= 15 is 0 Å². The van der Waals surface area contributed by atoms with E-state index < -0.39 is 7.60 Å². The highest BCUT2D eigenvalue weighted by Gasteiger charge is 2.15. The lowest BCUT2D eigenvalue weighted by Crippen LogP contribution is -2.06. The number of hydrogen-bond donors (Lipinski definition) is 2. The summed E-state index contributed by atoms with van der Waals surface area (Å²) in [4.78, 5) is 8.77. The zero-order valence-electron chi connectivity index (χ0n) is 5.41. The summed E-state index contributed by atoms with van der Waals surface area (Å²) < 4.78 is 15.2. The van der Waals surface area contributed by atoms with Crippen LogP contribution in [0.5, 0.6) is 0 Å². The topological polar surface area (TPSA) is 72.5 Å². The maximum Gasteiger partial charge on any atom is 0.329 e. The highest BCUT2D eigenvalue weighted by atomic mass is 31.2. The van der Waals surface area contributed by atoms with E-state index in [9.17, 15) is 4.57 Å². The molecule has 0 aliphatic heterocycles. The van der Waals surface area contributed by atoms with Crippen molar-refractivity contribution in [2.24, 2.45) is 5.73 Å². The van der Waals surface area contributed by atoms with Gasteiger partial charge >= 0.3 is 7.60 Å². The van der Waals surface area contributed by atoms with Crippen LogP contribution in [0, 0.1) is 0 Å². The summed E-state index contributed by atoms with van der Waals surface area (Å²) in [7, 11) is -3.32. The monoisotopic (exact) mass is 153 g/mol. The molecule has 0 spiro atoms. The van der Waals surface area contributed by atoms with Crippen LogP contribution in [0.1, 0.15) is 6.92 Å². The van der Waals surface area contributed by atoms with Crippen LogP contribution in [-0.2, 0) is 9.09 Å². The molecular weight excluding hydrogens is 141 g/mol. The molecule has 5 heteroatoms. The van der Waals surface area contributed by atoms with Gasteiger partial charge in [0, 0.05) is 6.54 Å². The maximum absolute atomic E-state index is 10.7. The third-order valence-electron chi connectivity index (χ3n) is 0.742. The molecule has 0 fully saturated rings. The third kappa shape index (κ3) is 4.60. The van der Waals surface area contributed by atoms with E-state index in [0.717, 1.165) is 0 Å². The van der Waals surface area contributed by atoms with Crippen molar-refractivity contribution in [2.45, 2.75) is 6.92 Å². The van der Waals surface area contributed by atoms with Gasteiger partial charge in [0.2, 0.25) is 0 Å². The van der Waals surface area contributed by atoms with Crippen LogP contribution in [0.3, 0.4) is 0 Å². The molecule has 0 amide bonds. The zero-order valence-corrected chi connectivity index (χ0v) is 6.30. The number of hydrogen-bond acceptors (Lipinski definition) is 3. The van der Waals surface area contributed by atoms with E-state index in [0.29, 0.717) is 0 Å². The molecule has 1 unspecified atom stereocenters. The Balaban J connectivity index is 3.58. The first-order valence-electron chi connectivity index (χ1n) is 2.79. The maximum atomic E-state index is 10.7. The van der Waals surface area contributed by atoms with E-state index in [4.69, 9.17) is 10.6 Å².